The molecular formula is C25H22BClFN2. The third-order valence-electron chi connectivity index (χ3n) is 4.49. The van der Waals surface area contributed by atoms with E-state index in [9.17, 15) is 4.39 Å². The third-order valence-corrected chi connectivity index (χ3v) is 4.80. The van der Waals surface area contributed by atoms with E-state index in [0.717, 1.165) is 12.1 Å². The van der Waals surface area contributed by atoms with E-state index in [1.165, 1.54) is 28.7 Å². The molecule has 0 bridgehead atoms. The fraction of sp³-hybridized carbons (Fsp3) is 0.0800. The van der Waals surface area contributed by atoms with Crippen LogP contribution in [0.2, 0.25) is 5.02 Å². The van der Waals surface area contributed by atoms with Crippen molar-refractivity contribution in [2.75, 3.05) is 0 Å². The zero-order chi connectivity index (χ0) is 21.2. The summed E-state index contributed by atoms with van der Waals surface area (Å²) in [4.78, 5) is 3.87. The first-order chi connectivity index (χ1) is 14.7. The van der Waals surface area contributed by atoms with Gasteiger partial charge in [0.05, 0.1) is 17.0 Å². The SMILES string of the molecule is CCc1ccccc1[B]C=Cc1ccccc1.Fc1ccc(-n2ccnc2)c(Cl)c1. The van der Waals surface area contributed by atoms with E-state index in [2.05, 4.69) is 79.8 Å². The summed E-state index contributed by atoms with van der Waals surface area (Å²) < 4.78 is 14.4. The lowest BCUT2D eigenvalue weighted by atomic mass is 9.67. The van der Waals surface area contributed by atoms with Gasteiger partial charge in [-0.15, -0.1) is 5.98 Å². The monoisotopic (exact) mass is 415 g/mol. The van der Waals surface area contributed by atoms with Crippen LogP contribution < -0.4 is 5.46 Å². The molecule has 0 spiro atoms. The molecule has 0 aliphatic heterocycles. The van der Waals surface area contributed by atoms with Crippen molar-refractivity contribution in [1.29, 1.82) is 0 Å². The zero-order valence-electron chi connectivity index (χ0n) is 16.7. The van der Waals surface area contributed by atoms with Crippen LogP contribution in [0.1, 0.15) is 18.1 Å². The lowest BCUT2D eigenvalue weighted by Gasteiger charge is -2.03. The largest absolute Gasteiger partial charge is 0.305 e. The van der Waals surface area contributed by atoms with Crippen molar-refractivity contribution in [2.45, 2.75) is 13.3 Å². The lowest BCUT2D eigenvalue weighted by Crippen LogP contribution is -2.16. The number of nitrogens with zero attached hydrogens (tertiary/aromatic N) is 2. The van der Waals surface area contributed by atoms with Crippen LogP contribution in [0, 0.1) is 5.82 Å². The van der Waals surface area contributed by atoms with Gasteiger partial charge in [-0.25, -0.2) is 9.37 Å². The number of benzene rings is 3. The second-order valence-electron chi connectivity index (χ2n) is 6.55. The summed E-state index contributed by atoms with van der Waals surface area (Å²) in [5.41, 5.74) is 4.66. The van der Waals surface area contributed by atoms with Crippen molar-refractivity contribution in [2.24, 2.45) is 0 Å². The Morgan fingerprint density at radius 1 is 1.03 bits per heavy atom. The van der Waals surface area contributed by atoms with Crippen molar-refractivity contribution in [1.82, 2.24) is 9.55 Å². The molecule has 4 rings (SSSR count). The topological polar surface area (TPSA) is 17.8 Å². The second kappa shape index (κ2) is 11.2. The maximum Gasteiger partial charge on any atom is 0.181 e. The summed E-state index contributed by atoms with van der Waals surface area (Å²) in [7, 11) is 2.17. The molecule has 30 heavy (non-hydrogen) atoms. The van der Waals surface area contributed by atoms with Crippen molar-refractivity contribution in [3.05, 3.63) is 119 Å². The maximum atomic E-state index is 12.7. The van der Waals surface area contributed by atoms with E-state index < -0.39 is 0 Å². The van der Waals surface area contributed by atoms with Crippen LogP contribution in [0.3, 0.4) is 0 Å². The van der Waals surface area contributed by atoms with Crippen molar-refractivity contribution in [3.8, 4) is 5.69 Å². The minimum Gasteiger partial charge on any atom is -0.305 e. The highest BCUT2D eigenvalue weighted by molar-refractivity contribution is 6.59. The van der Waals surface area contributed by atoms with Crippen LogP contribution >= 0.6 is 11.6 Å². The average molecular weight is 416 g/mol. The molecule has 0 aliphatic rings. The fourth-order valence-electron chi connectivity index (χ4n) is 2.94. The molecule has 4 aromatic rings. The summed E-state index contributed by atoms with van der Waals surface area (Å²) in [6.45, 7) is 2.19. The first-order valence-electron chi connectivity index (χ1n) is 9.75. The highest BCUT2D eigenvalue weighted by atomic mass is 35.5. The normalized spacial score (nSPS) is 10.5. The highest BCUT2D eigenvalue weighted by Gasteiger charge is 2.02. The van der Waals surface area contributed by atoms with Gasteiger partial charge in [0.15, 0.2) is 7.28 Å². The highest BCUT2D eigenvalue weighted by Crippen LogP contribution is 2.20. The Bertz CT molecular complexity index is 1080. The minimum atomic E-state index is -0.339. The van der Waals surface area contributed by atoms with Gasteiger partial charge in [0, 0.05) is 12.4 Å². The molecule has 2 nitrogen and oxygen atoms in total. The Labute approximate surface area is 182 Å². The average Bonchev–Trinajstić information content (AvgIpc) is 3.30. The van der Waals surface area contributed by atoms with E-state index in [1.807, 2.05) is 6.07 Å². The molecule has 0 atom stereocenters. The molecule has 0 saturated carbocycles. The van der Waals surface area contributed by atoms with Gasteiger partial charge in [-0.05, 0) is 30.2 Å². The number of aryl methyl sites for hydroxylation is 1. The quantitative estimate of drug-likeness (QED) is 0.370. The van der Waals surface area contributed by atoms with E-state index >= 15 is 0 Å². The molecule has 0 aliphatic carbocycles. The van der Waals surface area contributed by atoms with Crippen LogP contribution in [0.15, 0.2) is 97.5 Å². The Morgan fingerprint density at radius 2 is 1.80 bits per heavy atom. The molecule has 149 valence electrons. The van der Waals surface area contributed by atoms with Gasteiger partial charge in [-0.2, -0.15) is 0 Å². The van der Waals surface area contributed by atoms with E-state index in [1.54, 1.807) is 29.4 Å². The predicted molar refractivity (Wildman–Crippen MR) is 125 cm³/mol. The molecule has 0 N–H and O–H groups in total. The van der Waals surface area contributed by atoms with Crippen LogP contribution in [-0.2, 0) is 6.42 Å². The van der Waals surface area contributed by atoms with Crippen LogP contribution in [0.25, 0.3) is 11.8 Å². The Kier molecular flexibility index (Phi) is 8.05. The van der Waals surface area contributed by atoms with Gasteiger partial charge in [0.25, 0.3) is 0 Å². The first-order valence-corrected chi connectivity index (χ1v) is 10.1. The van der Waals surface area contributed by atoms with Gasteiger partial charge in [0.1, 0.15) is 5.82 Å². The van der Waals surface area contributed by atoms with Gasteiger partial charge in [0.2, 0.25) is 0 Å². The molecule has 3 aromatic carbocycles. The zero-order valence-corrected chi connectivity index (χ0v) is 17.5. The van der Waals surface area contributed by atoms with Crippen molar-refractivity contribution < 1.29 is 4.39 Å². The number of rotatable bonds is 5. The number of imidazole rings is 1. The fourth-order valence-corrected chi connectivity index (χ4v) is 3.20. The molecule has 1 radical (unpaired) electrons. The van der Waals surface area contributed by atoms with Gasteiger partial charge in [-0.3, -0.25) is 0 Å². The summed E-state index contributed by atoms with van der Waals surface area (Å²) in [6, 6.07) is 23.1. The molecule has 0 fully saturated rings. The molecule has 0 saturated heterocycles. The Morgan fingerprint density at radius 3 is 2.50 bits per heavy atom. The number of halogens is 2. The summed E-state index contributed by atoms with van der Waals surface area (Å²) in [5, 5.41) is 0.373. The smallest absolute Gasteiger partial charge is 0.181 e. The Balaban J connectivity index is 0.000000177. The van der Waals surface area contributed by atoms with Crippen LogP contribution in [-0.4, -0.2) is 16.8 Å². The molecule has 0 amide bonds. The van der Waals surface area contributed by atoms with E-state index in [0.29, 0.717) is 5.02 Å². The van der Waals surface area contributed by atoms with Gasteiger partial charge in [-0.1, -0.05) is 90.2 Å². The maximum absolute atomic E-state index is 12.7. The standard InChI is InChI=1S/C16H16B.C9H6ClFN2/c1-2-15-10-6-7-11-16(15)17-13-12-14-8-4-3-5-9-14;10-8-5-7(11)1-2-9(8)13-4-3-12-6-13/h3-13H,2H2,1H3;1-6H. The van der Waals surface area contributed by atoms with Crippen LogP contribution in [0.5, 0.6) is 0 Å². The Hall–Kier alpha value is -3.11. The van der Waals surface area contributed by atoms with E-state index in [4.69, 9.17) is 11.6 Å². The van der Waals surface area contributed by atoms with Crippen molar-refractivity contribution >= 4 is 30.4 Å². The number of aromatic nitrogens is 2. The van der Waals surface area contributed by atoms with Gasteiger partial charge >= 0.3 is 0 Å². The number of hydrogen-bond acceptors (Lipinski definition) is 1. The van der Waals surface area contributed by atoms with E-state index in [-0.39, 0.29) is 5.82 Å². The molecule has 0 unspecified atom stereocenters. The third kappa shape index (κ3) is 6.20. The summed E-state index contributed by atoms with van der Waals surface area (Å²) in [5.74, 6) is 1.78. The molecule has 5 heteroatoms. The summed E-state index contributed by atoms with van der Waals surface area (Å²) in [6.07, 6.45) is 8.20. The molecule has 1 heterocycles. The minimum absolute atomic E-state index is 0.339. The first kappa shape index (κ1) is 21.6. The van der Waals surface area contributed by atoms with Crippen LogP contribution in [0.4, 0.5) is 4.39 Å². The van der Waals surface area contributed by atoms with Crippen molar-refractivity contribution in [3.63, 3.8) is 0 Å². The molecule has 1 aromatic heterocycles. The predicted octanol–water partition coefficient (Wildman–Crippen LogP) is 5.91. The van der Waals surface area contributed by atoms with Gasteiger partial charge < -0.3 is 4.57 Å². The molecular weight excluding hydrogens is 394 g/mol. The summed E-state index contributed by atoms with van der Waals surface area (Å²) >= 11 is 5.83. The second-order valence-corrected chi connectivity index (χ2v) is 6.96. The number of hydrogen-bond donors (Lipinski definition) is 0. The lowest BCUT2D eigenvalue weighted by molar-refractivity contribution is 0.627.